The highest BCUT2D eigenvalue weighted by Crippen LogP contribution is 2.23. The van der Waals surface area contributed by atoms with Crippen LogP contribution in [0.5, 0.6) is 0 Å². The normalized spacial score (nSPS) is 20.1. The van der Waals surface area contributed by atoms with Crippen LogP contribution < -0.4 is 10.6 Å². The first-order valence-electron chi connectivity index (χ1n) is 5.35. The van der Waals surface area contributed by atoms with Crippen molar-refractivity contribution in [1.82, 2.24) is 4.98 Å². The summed E-state index contributed by atoms with van der Waals surface area (Å²) in [4.78, 5) is 17.1. The second-order valence-corrected chi connectivity index (χ2v) is 3.94. The number of aromatic nitrogens is 1. The maximum atomic E-state index is 10.9. The van der Waals surface area contributed by atoms with E-state index in [1.54, 1.807) is 12.1 Å². The van der Waals surface area contributed by atoms with E-state index in [1.807, 2.05) is 0 Å². The molecule has 0 aliphatic carbocycles. The van der Waals surface area contributed by atoms with Crippen molar-refractivity contribution in [2.75, 3.05) is 18.1 Å². The number of hydrogen-bond acceptors (Lipinski definition) is 4. The largest absolute Gasteiger partial charge is 0.394 e. The van der Waals surface area contributed by atoms with Crippen LogP contribution in [0, 0.1) is 0 Å². The molecule has 0 bridgehead atoms. The van der Waals surface area contributed by atoms with Crippen molar-refractivity contribution < 1.29 is 9.90 Å². The van der Waals surface area contributed by atoms with Gasteiger partial charge in [0.2, 0.25) is 5.91 Å². The van der Waals surface area contributed by atoms with Gasteiger partial charge >= 0.3 is 0 Å². The lowest BCUT2D eigenvalue weighted by molar-refractivity contribution is 0.1000. The van der Waals surface area contributed by atoms with Crippen molar-refractivity contribution in [3.63, 3.8) is 0 Å². The van der Waals surface area contributed by atoms with Crippen LogP contribution >= 0.6 is 0 Å². The predicted octanol–water partition coefficient (Wildman–Crippen LogP) is 0.142. The maximum Gasteiger partial charge on any atom is 0.250 e. The Balaban J connectivity index is 2.18. The average molecular weight is 221 g/mol. The van der Waals surface area contributed by atoms with Gasteiger partial charge in [0.05, 0.1) is 18.2 Å². The third-order valence-electron chi connectivity index (χ3n) is 2.91. The molecule has 1 aromatic heterocycles. The first-order valence-corrected chi connectivity index (χ1v) is 5.35. The predicted molar refractivity (Wildman–Crippen MR) is 60.2 cm³/mol. The van der Waals surface area contributed by atoms with Gasteiger partial charge in [0.25, 0.3) is 0 Å². The van der Waals surface area contributed by atoms with E-state index in [1.165, 1.54) is 6.20 Å². The number of rotatable bonds is 3. The summed E-state index contributed by atoms with van der Waals surface area (Å²) in [5, 5.41) is 9.20. The molecule has 1 amide bonds. The van der Waals surface area contributed by atoms with Crippen LogP contribution in [-0.2, 0) is 0 Å². The number of primary amides is 1. The van der Waals surface area contributed by atoms with Gasteiger partial charge in [-0.2, -0.15) is 0 Å². The first kappa shape index (κ1) is 10.9. The summed E-state index contributed by atoms with van der Waals surface area (Å²) in [7, 11) is 0. The summed E-state index contributed by atoms with van der Waals surface area (Å²) in [6, 6.07) is 3.58. The van der Waals surface area contributed by atoms with E-state index in [-0.39, 0.29) is 12.6 Å². The molecule has 0 spiro atoms. The molecule has 5 nitrogen and oxygen atoms in total. The molecule has 16 heavy (non-hydrogen) atoms. The fourth-order valence-electron chi connectivity index (χ4n) is 2.03. The van der Waals surface area contributed by atoms with Crippen molar-refractivity contribution in [2.45, 2.75) is 18.9 Å². The average Bonchev–Trinajstić information content (AvgIpc) is 2.77. The molecule has 5 heteroatoms. The number of pyridine rings is 1. The molecule has 86 valence electrons. The van der Waals surface area contributed by atoms with Gasteiger partial charge in [0.1, 0.15) is 5.82 Å². The molecular formula is C11H15N3O2. The smallest absolute Gasteiger partial charge is 0.250 e. The molecule has 1 aliphatic heterocycles. The SMILES string of the molecule is NC(=O)c1ccc(N2CCCC2CO)nc1. The molecule has 1 atom stereocenters. The number of aliphatic hydroxyl groups excluding tert-OH is 1. The van der Waals surface area contributed by atoms with Gasteiger partial charge in [-0.05, 0) is 25.0 Å². The molecule has 1 aliphatic rings. The minimum atomic E-state index is -0.473. The number of hydrogen-bond donors (Lipinski definition) is 2. The summed E-state index contributed by atoms with van der Waals surface area (Å²) < 4.78 is 0. The number of anilines is 1. The van der Waals surface area contributed by atoms with Crippen LogP contribution in [0.15, 0.2) is 18.3 Å². The van der Waals surface area contributed by atoms with Crippen molar-refractivity contribution in [1.29, 1.82) is 0 Å². The first-order chi connectivity index (χ1) is 7.72. The van der Waals surface area contributed by atoms with Crippen LogP contribution in [0.1, 0.15) is 23.2 Å². The van der Waals surface area contributed by atoms with Crippen LogP contribution in [0.2, 0.25) is 0 Å². The fraction of sp³-hybridized carbons (Fsp3) is 0.455. The third kappa shape index (κ3) is 1.99. The minimum Gasteiger partial charge on any atom is -0.394 e. The van der Waals surface area contributed by atoms with Gasteiger partial charge < -0.3 is 15.7 Å². The Labute approximate surface area is 93.9 Å². The van der Waals surface area contributed by atoms with Crippen molar-refractivity contribution in [2.24, 2.45) is 5.73 Å². The Kier molecular flexibility index (Phi) is 3.05. The van der Waals surface area contributed by atoms with E-state index in [0.29, 0.717) is 5.56 Å². The highest BCUT2D eigenvalue weighted by atomic mass is 16.3. The van der Waals surface area contributed by atoms with Gasteiger partial charge in [-0.25, -0.2) is 4.98 Å². The third-order valence-corrected chi connectivity index (χ3v) is 2.91. The number of aliphatic hydroxyl groups is 1. The summed E-state index contributed by atoms with van der Waals surface area (Å²) in [5.41, 5.74) is 5.54. The maximum absolute atomic E-state index is 10.9. The van der Waals surface area contributed by atoms with Gasteiger partial charge in [0, 0.05) is 12.7 Å². The van der Waals surface area contributed by atoms with E-state index < -0.39 is 5.91 Å². The number of amides is 1. The van der Waals surface area contributed by atoms with E-state index in [4.69, 9.17) is 5.73 Å². The molecule has 3 N–H and O–H groups in total. The summed E-state index contributed by atoms with van der Waals surface area (Å²) in [6.45, 7) is 1.04. The van der Waals surface area contributed by atoms with Gasteiger partial charge in [-0.15, -0.1) is 0 Å². The summed E-state index contributed by atoms with van der Waals surface area (Å²) in [5.74, 6) is 0.320. The lowest BCUT2D eigenvalue weighted by Crippen LogP contribution is -2.32. The molecule has 0 radical (unpaired) electrons. The highest BCUT2D eigenvalue weighted by molar-refractivity contribution is 5.92. The van der Waals surface area contributed by atoms with Crippen LogP contribution in [-0.4, -0.2) is 35.2 Å². The standard InChI is InChI=1S/C11H15N3O2/c12-11(16)8-3-4-10(13-6-8)14-5-1-2-9(14)7-15/h3-4,6,9,15H,1-2,5,7H2,(H2,12,16). The number of nitrogens with two attached hydrogens (primary N) is 1. The van der Waals surface area contributed by atoms with Gasteiger partial charge in [-0.3, -0.25) is 4.79 Å². The molecule has 1 unspecified atom stereocenters. The van der Waals surface area contributed by atoms with Crippen molar-refractivity contribution >= 4 is 11.7 Å². The zero-order valence-electron chi connectivity index (χ0n) is 8.97. The lowest BCUT2D eigenvalue weighted by Gasteiger charge is -2.23. The van der Waals surface area contributed by atoms with Crippen LogP contribution in [0.3, 0.4) is 0 Å². The highest BCUT2D eigenvalue weighted by Gasteiger charge is 2.24. The monoisotopic (exact) mass is 221 g/mol. The second-order valence-electron chi connectivity index (χ2n) is 3.94. The molecule has 1 fully saturated rings. The molecule has 0 saturated carbocycles. The topological polar surface area (TPSA) is 79.5 Å². The van der Waals surface area contributed by atoms with E-state index >= 15 is 0 Å². The molecular weight excluding hydrogens is 206 g/mol. The zero-order valence-corrected chi connectivity index (χ0v) is 8.97. The van der Waals surface area contributed by atoms with E-state index in [2.05, 4.69) is 9.88 Å². The number of carbonyl (C=O) groups excluding carboxylic acids is 1. The van der Waals surface area contributed by atoms with Crippen LogP contribution in [0.25, 0.3) is 0 Å². The van der Waals surface area contributed by atoms with Gasteiger partial charge in [0.15, 0.2) is 0 Å². The molecule has 0 aromatic carbocycles. The molecule has 2 rings (SSSR count). The molecule has 2 heterocycles. The van der Waals surface area contributed by atoms with Crippen molar-refractivity contribution in [3.05, 3.63) is 23.9 Å². The quantitative estimate of drug-likeness (QED) is 0.761. The number of nitrogens with zero attached hydrogens (tertiary/aromatic N) is 2. The minimum absolute atomic E-state index is 0.138. The Morgan fingerprint density at radius 3 is 3.00 bits per heavy atom. The summed E-state index contributed by atoms with van der Waals surface area (Å²) >= 11 is 0. The zero-order chi connectivity index (χ0) is 11.5. The Hall–Kier alpha value is -1.62. The number of carbonyl (C=O) groups is 1. The fourth-order valence-corrected chi connectivity index (χ4v) is 2.03. The Morgan fingerprint density at radius 2 is 2.44 bits per heavy atom. The van der Waals surface area contributed by atoms with Crippen LogP contribution in [0.4, 0.5) is 5.82 Å². The Bertz CT molecular complexity index is 377. The van der Waals surface area contributed by atoms with Crippen molar-refractivity contribution in [3.8, 4) is 0 Å². The molecule has 1 saturated heterocycles. The summed E-state index contributed by atoms with van der Waals surface area (Å²) in [6.07, 6.45) is 3.52. The van der Waals surface area contributed by atoms with E-state index in [9.17, 15) is 9.90 Å². The van der Waals surface area contributed by atoms with Gasteiger partial charge in [-0.1, -0.05) is 0 Å². The Morgan fingerprint density at radius 1 is 1.62 bits per heavy atom. The second kappa shape index (κ2) is 4.49. The molecule has 1 aromatic rings. The van der Waals surface area contributed by atoms with E-state index in [0.717, 1.165) is 25.2 Å². The lowest BCUT2D eigenvalue weighted by atomic mass is 10.2.